The molecule has 0 saturated carbocycles. The summed E-state index contributed by atoms with van der Waals surface area (Å²) >= 11 is 0. The van der Waals surface area contributed by atoms with Gasteiger partial charge in [-0.15, -0.1) is 0 Å². The van der Waals surface area contributed by atoms with E-state index >= 15 is 4.39 Å². The molecule has 36 heavy (non-hydrogen) atoms. The second-order valence-electron chi connectivity index (χ2n) is 9.43. The Kier molecular flexibility index (Phi) is 6.29. The van der Waals surface area contributed by atoms with E-state index in [4.69, 9.17) is 20.9 Å². The third-order valence-electron chi connectivity index (χ3n) is 7.38. The van der Waals surface area contributed by atoms with Crippen molar-refractivity contribution in [2.75, 3.05) is 44.5 Å². The number of carbonyl (C=O) groups is 1. The highest BCUT2D eigenvalue weighted by molar-refractivity contribution is 5.92. The van der Waals surface area contributed by atoms with Crippen LogP contribution in [0.3, 0.4) is 0 Å². The Morgan fingerprint density at radius 1 is 1.17 bits per heavy atom. The summed E-state index contributed by atoms with van der Waals surface area (Å²) in [5.41, 5.74) is 15.1. The van der Waals surface area contributed by atoms with Gasteiger partial charge in [0, 0.05) is 37.1 Å². The minimum Gasteiger partial charge on any atom is -0.493 e. The molecule has 4 N–H and O–H groups in total. The van der Waals surface area contributed by atoms with E-state index in [2.05, 4.69) is 16.0 Å². The number of amides is 1. The van der Waals surface area contributed by atoms with E-state index in [0.717, 1.165) is 18.4 Å². The SMILES string of the molecule is COc1cc2c(N)nc(N3CCN(C(=O)C4CCc5ccccc5C4N)CC3C)nc2c(F)c1OC. The molecule has 0 radical (unpaired) electrons. The van der Waals surface area contributed by atoms with Gasteiger partial charge in [0.15, 0.2) is 17.3 Å². The Bertz CT molecular complexity index is 1320. The zero-order valence-corrected chi connectivity index (χ0v) is 20.7. The molecule has 1 fully saturated rings. The van der Waals surface area contributed by atoms with Crippen LogP contribution in [0.2, 0.25) is 0 Å². The number of hydrogen-bond acceptors (Lipinski definition) is 8. The van der Waals surface area contributed by atoms with E-state index in [1.54, 1.807) is 6.07 Å². The number of benzene rings is 2. The lowest BCUT2D eigenvalue weighted by Gasteiger charge is -2.42. The van der Waals surface area contributed by atoms with Gasteiger partial charge in [0.1, 0.15) is 11.3 Å². The van der Waals surface area contributed by atoms with Crippen molar-refractivity contribution in [1.82, 2.24) is 14.9 Å². The molecule has 1 amide bonds. The number of carbonyl (C=O) groups excluding carboxylic acids is 1. The second-order valence-corrected chi connectivity index (χ2v) is 9.43. The first kappa shape index (κ1) is 24.1. The molecular formula is C26H31FN6O3. The van der Waals surface area contributed by atoms with Gasteiger partial charge in [0.2, 0.25) is 11.9 Å². The summed E-state index contributed by atoms with van der Waals surface area (Å²) in [7, 11) is 2.79. The molecular weight excluding hydrogens is 463 g/mol. The van der Waals surface area contributed by atoms with Crippen molar-refractivity contribution in [2.24, 2.45) is 11.7 Å². The van der Waals surface area contributed by atoms with Gasteiger partial charge in [-0.05, 0) is 37.0 Å². The van der Waals surface area contributed by atoms with Crippen molar-refractivity contribution in [3.8, 4) is 11.5 Å². The summed E-state index contributed by atoms with van der Waals surface area (Å²) in [6.45, 7) is 3.46. The number of nitrogen functional groups attached to an aromatic ring is 1. The molecule has 1 aromatic heterocycles. The number of fused-ring (bicyclic) bond motifs is 2. The molecule has 10 heteroatoms. The number of hydrogen-bond donors (Lipinski definition) is 2. The number of halogens is 1. The number of aromatic nitrogens is 2. The zero-order valence-electron chi connectivity index (χ0n) is 20.7. The fourth-order valence-electron chi connectivity index (χ4n) is 5.43. The van der Waals surface area contributed by atoms with Crippen LogP contribution in [0.1, 0.15) is 30.5 Å². The maximum Gasteiger partial charge on any atom is 0.228 e. The Morgan fingerprint density at radius 2 is 1.94 bits per heavy atom. The number of aryl methyl sites for hydroxylation is 1. The van der Waals surface area contributed by atoms with E-state index < -0.39 is 5.82 Å². The molecule has 1 saturated heterocycles. The molecule has 2 heterocycles. The number of nitrogens with two attached hydrogens (primary N) is 2. The van der Waals surface area contributed by atoms with Gasteiger partial charge in [-0.2, -0.15) is 4.98 Å². The molecule has 3 atom stereocenters. The molecule has 1 aliphatic heterocycles. The zero-order chi connectivity index (χ0) is 25.6. The number of anilines is 2. The summed E-state index contributed by atoms with van der Waals surface area (Å²) in [4.78, 5) is 26.2. The van der Waals surface area contributed by atoms with Crippen LogP contribution in [-0.2, 0) is 11.2 Å². The van der Waals surface area contributed by atoms with Gasteiger partial charge >= 0.3 is 0 Å². The van der Waals surface area contributed by atoms with E-state index in [9.17, 15) is 4.79 Å². The molecule has 9 nitrogen and oxygen atoms in total. The Morgan fingerprint density at radius 3 is 2.67 bits per heavy atom. The Labute approximate surface area is 209 Å². The third kappa shape index (κ3) is 3.95. The second kappa shape index (κ2) is 9.42. The van der Waals surface area contributed by atoms with E-state index in [1.807, 2.05) is 34.9 Å². The normalized spacial score (nSPS) is 21.9. The van der Waals surface area contributed by atoms with E-state index in [0.29, 0.717) is 31.0 Å². The lowest BCUT2D eigenvalue weighted by atomic mass is 9.79. The maximum atomic E-state index is 15.2. The van der Waals surface area contributed by atoms with Crippen molar-refractivity contribution in [1.29, 1.82) is 0 Å². The highest BCUT2D eigenvalue weighted by Crippen LogP contribution is 2.38. The first-order valence-corrected chi connectivity index (χ1v) is 12.1. The van der Waals surface area contributed by atoms with Crippen LogP contribution in [0.4, 0.5) is 16.2 Å². The molecule has 2 aromatic carbocycles. The molecule has 3 unspecified atom stereocenters. The van der Waals surface area contributed by atoms with Crippen molar-refractivity contribution < 1.29 is 18.7 Å². The molecule has 5 rings (SSSR count). The minimum atomic E-state index is -0.657. The standard InChI is InChI=1S/C26H31FN6O3/c1-14-13-32(25(34)17-9-8-15-6-4-5-7-16(15)21(17)28)10-11-33(14)26-30-22-18(24(29)31-26)12-19(35-2)23(36-3)20(22)27/h4-7,12,14,17,21H,8-11,13,28H2,1-3H3,(H2,29,30,31). The quantitative estimate of drug-likeness (QED) is 0.568. The van der Waals surface area contributed by atoms with Gasteiger partial charge < -0.3 is 30.7 Å². The van der Waals surface area contributed by atoms with Gasteiger partial charge in [-0.25, -0.2) is 9.37 Å². The van der Waals surface area contributed by atoms with Crippen molar-refractivity contribution in [2.45, 2.75) is 31.8 Å². The van der Waals surface area contributed by atoms with Gasteiger partial charge in [-0.3, -0.25) is 4.79 Å². The summed E-state index contributed by atoms with van der Waals surface area (Å²) in [5, 5.41) is 0.349. The first-order chi connectivity index (χ1) is 17.3. The number of piperazine rings is 1. The summed E-state index contributed by atoms with van der Waals surface area (Å²) in [5.74, 6) is -0.192. The first-order valence-electron chi connectivity index (χ1n) is 12.1. The molecule has 0 bridgehead atoms. The fraction of sp³-hybridized carbons (Fsp3) is 0.423. The highest BCUT2D eigenvalue weighted by atomic mass is 19.1. The molecule has 190 valence electrons. The third-order valence-corrected chi connectivity index (χ3v) is 7.38. The molecule has 0 spiro atoms. The molecule has 1 aliphatic carbocycles. The van der Waals surface area contributed by atoms with Crippen molar-refractivity contribution >= 4 is 28.6 Å². The van der Waals surface area contributed by atoms with E-state index in [1.165, 1.54) is 19.8 Å². The van der Waals surface area contributed by atoms with Gasteiger partial charge in [-0.1, -0.05) is 24.3 Å². The van der Waals surface area contributed by atoms with Gasteiger partial charge in [0.05, 0.1) is 20.1 Å². The largest absolute Gasteiger partial charge is 0.493 e. The smallest absolute Gasteiger partial charge is 0.228 e. The van der Waals surface area contributed by atoms with Crippen LogP contribution in [0.15, 0.2) is 30.3 Å². The van der Waals surface area contributed by atoms with Crippen molar-refractivity contribution in [3.05, 3.63) is 47.3 Å². The number of methoxy groups -OCH3 is 2. The van der Waals surface area contributed by atoms with Crippen LogP contribution in [0.25, 0.3) is 10.9 Å². The van der Waals surface area contributed by atoms with E-state index in [-0.39, 0.29) is 46.7 Å². The van der Waals surface area contributed by atoms with Gasteiger partial charge in [0.25, 0.3) is 0 Å². The Hall–Kier alpha value is -3.66. The lowest BCUT2D eigenvalue weighted by Crippen LogP contribution is -2.56. The van der Waals surface area contributed by atoms with Crippen LogP contribution in [0.5, 0.6) is 11.5 Å². The lowest BCUT2D eigenvalue weighted by molar-refractivity contribution is -0.137. The predicted octanol–water partition coefficient (Wildman–Crippen LogP) is 2.67. The summed E-state index contributed by atoms with van der Waals surface area (Å²) in [6.07, 6.45) is 1.58. The maximum absolute atomic E-state index is 15.2. The van der Waals surface area contributed by atoms with Crippen LogP contribution in [-0.4, -0.2) is 60.7 Å². The minimum absolute atomic E-state index is 0.0390. The summed E-state index contributed by atoms with van der Waals surface area (Å²) < 4.78 is 25.6. The van der Waals surface area contributed by atoms with Crippen LogP contribution >= 0.6 is 0 Å². The Balaban J connectivity index is 1.37. The average molecular weight is 495 g/mol. The predicted molar refractivity (Wildman–Crippen MR) is 136 cm³/mol. The molecule has 2 aliphatic rings. The number of rotatable bonds is 4. The average Bonchev–Trinajstić information content (AvgIpc) is 2.88. The summed E-state index contributed by atoms with van der Waals surface area (Å²) in [6, 6.07) is 9.24. The fourth-order valence-corrected chi connectivity index (χ4v) is 5.43. The number of ether oxygens (including phenoxy) is 2. The number of nitrogens with zero attached hydrogens (tertiary/aromatic N) is 4. The monoisotopic (exact) mass is 494 g/mol. The molecule has 3 aromatic rings. The van der Waals surface area contributed by atoms with Crippen LogP contribution < -0.4 is 25.8 Å². The van der Waals surface area contributed by atoms with Crippen LogP contribution in [0, 0.1) is 11.7 Å². The highest BCUT2D eigenvalue weighted by Gasteiger charge is 2.37. The topological polar surface area (TPSA) is 120 Å². The van der Waals surface area contributed by atoms with Crippen molar-refractivity contribution in [3.63, 3.8) is 0 Å².